The molecule has 9 heteroatoms. The second-order valence-corrected chi connectivity index (χ2v) is 7.87. The van der Waals surface area contributed by atoms with Crippen LogP contribution in [0.3, 0.4) is 0 Å². The molecule has 2 aromatic heterocycles. The Morgan fingerprint density at radius 3 is 2.73 bits per heavy atom. The number of aryl methyl sites for hydroxylation is 1. The van der Waals surface area contributed by atoms with Crippen LogP contribution < -0.4 is 16.4 Å². The average molecular weight is 465 g/mol. The predicted molar refractivity (Wildman–Crippen MR) is 130 cm³/mol. The van der Waals surface area contributed by atoms with Crippen molar-refractivity contribution in [2.24, 2.45) is 5.73 Å². The number of anilines is 2. The number of rotatable bonds is 9. The number of halogens is 1. The molecule has 0 aliphatic rings. The highest BCUT2D eigenvalue weighted by atomic mass is 35.5. The first-order chi connectivity index (χ1) is 16.1. The van der Waals surface area contributed by atoms with Crippen LogP contribution in [-0.2, 0) is 4.74 Å². The monoisotopic (exact) mass is 464 g/mol. The molecule has 0 unspecified atom stereocenters. The van der Waals surface area contributed by atoms with E-state index in [0.29, 0.717) is 48.4 Å². The van der Waals surface area contributed by atoms with Crippen LogP contribution in [-0.4, -0.2) is 46.6 Å². The van der Waals surface area contributed by atoms with Gasteiger partial charge in [-0.1, -0.05) is 23.7 Å². The molecule has 0 fully saturated rings. The Balaban J connectivity index is 1.50. The van der Waals surface area contributed by atoms with Crippen LogP contribution in [0.2, 0.25) is 5.02 Å². The largest absolute Gasteiger partial charge is 0.378 e. The van der Waals surface area contributed by atoms with Gasteiger partial charge in [0, 0.05) is 47.3 Å². The molecule has 4 N–H and O–H groups in total. The third kappa shape index (κ3) is 5.31. The summed E-state index contributed by atoms with van der Waals surface area (Å²) in [4.78, 5) is 21.5. The van der Waals surface area contributed by atoms with E-state index >= 15 is 0 Å². The summed E-state index contributed by atoms with van der Waals surface area (Å²) >= 11 is 6.02. The Bertz CT molecular complexity index is 1260. The van der Waals surface area contributed by atoms with E-state index in [4.69, 9.17) is 22.1 Å². The van der Waals surface area contributed by atoms with Crippen LogP contribution >= 0.6 is 11.6 Å². The summed E-state index contributed by atoms with van der Waals surface area (Å²) in [5, 5.41) is 6.85. The van der Waals surface area contributed by atoms with E-state index in [2.05, 4.69) is 20.6 Å². The van der Waals surface area contributed by atoms with Crippen molar-refractivity contribution in [3.63, 3.8) is 0 Å². The quantitative estimate of drug-likeness (QED) is 0.325. The maximum absolute atomic E-state index is 12.5. The molecule has 0 spiro atoms. The SMILES string of the molecule is Cc1cc(Nc2nccn3c(-c4ccc(Cl)cc4)cnc23)ccc1C(=O)NCCOCCN. The minimum absolute atomic E-state index is 0.142. The second-order valence-electron chi connectivity index (χ2n) is 7.43. The lowest BCUT2D eigenvalue weighted by molar-refractivity contribution is 0.0919. The molecule has 4 aromatic rings. The fourth-order valence-electron chi connectivity index (χ4n) is 3.49. The number of imidazole rings is 1. The first-order valence-electron chi connectivity index (χ1n) is 10.6. The molecule has 1 amide bonds. The lowest BCUT2D eigenvalue weighted by Gasteiger charge is -2.11. The molecule has 0 bridgehead atoms. The summed E-state index contributed by atoms with van der Waals surface area (Å²) < 4.78 is 7.26. The third-order valence-corrected chi connectivity index (χ3v) is 5.35. The highest BCUT2D eigenvalue weighted by molar-refractivity contribution is 6.30. The van der Waals surface area contributed by atoms with Crippen LogP contribution in [0.25, 0.3) is 16.9 Å². The predicted octanol–water partition coefficient (Wildman–Crippen LogP) is 3.81. The first kappa shape index (κ1) is 22.7. The Hall–Kier alpha value is -3.46. The molecule has 4 rings (SSSR count). The van der Waals surface area contributed by atoms with Crippen molar-refractivity contribution in [3.8, 4) is 11.3 Å². The zero-order chi connectivity index (χ0) is 23.2. The van der Waals surface area contributed by atoms with Gasteiger partial charge in [-0.15, -0.1) is 0 Å². The average Bonchev–Trinajstić information content (AvgIpc) is 3.25. The highest BCUT2D eigenvalue weighted by Gasteiger charge is 2.13. The van der Waals surface area contributed by atoms with E-state index in [-0.39, 0.29) is 5.91 Å². The summed E-state index contributed by atoms with van der Waals surface area (Å²) in [5.41, 5.74) is 10.3. The number of nitrogens with zero attached hydrogens (tertiary/aromatic N) is 3. The van der Waals surface area contributed by atoms with Crippen molar-refractivity contribution in [3.05, 3.63) is 77.2 Å². The number of hydrogen-bond acceptors (Lipinski definition) is 6. The van der Waals surface area contributed by atoms with Crippen molar-refractivity contribution >= 4 is 34.7 Å². The maximum atomic E-state index is 12.5. The first-order valence-corrected chi connectivity index (χ1v) is 11.0. The van der Waals surface area contributed by atoms with Crippen LogP contribution in [0.1, 0.15) is 15.9 Å². The lowest BCUT2D eigenvalue weighted by Crippen LogP contribution is -2.28. The zero-order valence-corrected chi connectivity index (χ0v) is 19.0. The molecule has 170 valence electrons. The molecule has 0 atom stereocenters. The van der Waals surface area contributed by atoms with Crippen molar-refractivity contribution in [2.75, 3.05) is 31.6 Å². The number of ether oxygens (including phenoxy) is 1. The van der Waals surface area contributed by atoms with Crippen LogP contribution in [0.5, 0.6) is 0 Å². The van der Waals surface area contributed by atoms with Crippen LogP contribution in [0.15, 0.2) is 61.1 Å². The number of nitrogens with one attached hydrogen (secondary N) is 2. The molecule has 0 aliphatic carbocycles. The van der Waals surface area contributed by atoms with Gasteiger partial charge in [0.1, 0.15) is 0 Å². The summed E-state index contributed by atoms with van der Waals surface area (Å²) in [6, 6.07) is 13.2. The number of aromatic nitrogens is 3. The smallest absolute Gasteiger partial charge is 0.251 e. The molecule has 2 aromatic carbocycles. The van der Waals surface area contributed by atoms with Gasteiger partial charge >= 0.3 is 0 Å². The number of amides is 1. The number of benzene rings is 2. The van der Waals surface area contributed by atoms with Gasteiger partial charge < -0.3 is 21.1 Å². The number of carbonyl (C=O) groups is 1. The van der Waals surface area contributed by atoms with Crippen molar-refractivity contribution in [1.29, 1.82) is 0 Å². The van der Waals surface area contributed by atoms with Crippen LogP contribution in [0.4, 0.5) is 11.5 Å². The molecular weight excluding hydrogens is 440 g/mol. The summed E-state index contributed by atoms with van der Waals surface area (Å²) in [6.45, 7) is 3.70. The Labute approximate surface area is 196 Å². The Morgan fingerprint density at radius 2 is 1.97 bits per heavy atom. The fourth-order valence-corrected chi connectivity index (χ4v) is 3.62. The van der Waals surface area contributed by atoms with E-state index in [1.165, 1.54) is 0 Å². The lowest BCUT2D eigenvalue weighted by atomic mass is 10.1. The zero-order valence-electron chi connectivity index (χ0n) is 18.2. The molecule has 8 nitrogen and oxygen atoms in total. The highest BCUT2D eigenvalue weighted by Crippen LogP contribution is 2.26. The molecular formula is C24H25ClN6O2. The minimum Gasteiger partial charge on any atom is -0.378 e. The standard InChI is InChI=1S/C24H25ClN6O2/c1-16-14-19(6-7-20(16)24(32)28-10-13-33-12-8-26)30-22-23-29-15-21(31(23)11-9-27-22)17-2-4-18(25)5-3-17/h2-7,9,11,14-15H,8,10,12-13,26H2,1H3,(H,27,30)(H,28,32). The molecule has 0 saturated heterocycles. The van der Waals surface area contributed by atoms with Gasteiger partial charge in [-0.25, -0.2) is 9.97 Å². The van der Waals surface area contributed by atoms with Crippen LogP contribution in [0, 0.1) is 6.92 Å². The second kappa shape index (κ2) is 10.4. The molecule has 0 aliphatic heterocycles. The summed E-state index contributed by atoms with van der Waals surface area (Å²) in [5.74, 6) is 0.475. The summed E-state index contributed by atoms with van der Waals surface area (Å²) in [7, 11) is 0. The van der Waals surface area contributed by atoms with E-state index in [0.717, 1.165) is 22.5 Å². The number of carbonyl (C=O) groups excluding carboxylic acids is 1. The van der Waals surface area contributed by atoms with Gasteiger partial charge in [-0.3, -0.25) is 9.20 Å². The van der Waals surface area contributed by atoms with E-state index in [1.807, 2.05) is 53.9 Å². The Kier molecular flexibility index (Phi) is 7.19. The van der Waals surface area contributed by atoms with Gasteiger partial charge in [-0.05, 0) is 42.8 Å². The van der Waals surface area contributed by atoms with Crippen molar-refractivity contribution in [2.45, 2.75) is 6.92 Å². The van der Waals surface area contributed by atoms with Gasteiger partial charge in [0.15, 0.2) is 11.5 Å². The van der Waals surface area contributed by atoms with E-state index < -0.39 is 0 Å². The molecule has 33 heavy (non-hydrogen) atoms. The Morgan fingerprint density at radius 1 is 1.15 bits per heavy atom. The third-order valence-electron chi connectivity index (χ3n) is 5.10. The maximum Gasteiger partial charge on any atom is 0.251 e. The molecule has 0 radical (unpaired) electrons. The normalized spacial score (nSPS) is 11.0. The minimum atomic E-state index is -0.142. The van der Waals surface area contributed by atoms with Gasteiger partial charge in [0.2, 0.25) is 0 Å². The van der Waals surface area contributed by atoms with E-state index in [9.17, 15) is 4.79 Å². The van der Waals surface area contributed by atoms with E-state index in [1.54, 1.807) is 18.5 Å². The number of hydrogen-bond donors (Lipinski definition) is 3. The van der Waals surface area contributed by atoms with Gasteiger partial charge in [0.05, 0.1) is 25.1 Å². The molecule has 0 saturated carbocycles. The van der Waals surface area contributed by atoms with Gasteiger partial charge in [0.25, 0.3) is 5.91 Å². The fraction of sp³-hybridized carbons (Fsp3) is 0.208. The topological polar surface area (TPSA) is 107 Å². The molecule has 2 heterocycles. The van der Waals surface area contributed by atoms with Crippen molar-refractivity contribution in [1.82, 2.24) is 19.7 Å². The number of nitrogens with two attached hydrogens (primary N) is 1. The van der Waals surface area contributed by atoms with Crippen molar-refractivity contribution < 1.29 is 9.53 Å². The summed E-state index contributed by atoms with van der Waals surface area (Å²) in [6.07, 6.45) is 5.40. The van der Waals surface area contributed by atoms with Gasteiger partial charge in [-0.2, -0.15) is 0 Å². The number of fused-ring (bicyclic) bond motifs is 1.